The van der Waals surface area contributed by atoms with Crippen molar-refractivity contribution in [3.63, 3.8) is 0 Å². The first-order valence-electron chi connectivity index (χ1n) is 23.5. The van der Waals surface area contributed by atoms with Gasteiger partial charge in [0.25, 0.3) is 0 Å². The second kappa shape index (κ2) is 17.7. The standard InChI is InChI=1S/C63H49N4O2.Pt/c1-40-29-41(2)60(42(3)30-40)47-34-50(66-39-65(55-22-14-15-23-56(55)66)49-32-45(43-17-9-7-10-18-43)31-46(33-49)44-19-11-8-12-20-44)37-52(35-47)68-51-25-26-53-57(38-51)67(59-36-48(27-28-64-59)63(4,5)6)61-54-21-13-16-24-58(54)69-62(53)61;/h7-36,39H,1-6H3;/q-3;. The number of furan rings is 1. The van der Waals surface area contributed by atoms with Gasteiger partial charge >= 0.3 is 0 Å². The molecule has 8 aromatic carbocycles. The van der Waals surface area contributed by atoms with Crippen LogP contribution in [-0.2, 0) is 26.5 Å². The zero-order valence-corrected chi connectivity index (χ0v) is 42.1. The molecular weight excluding hydrogens is 1040 g/mol. The monoisotopic (exact) mass is 1090 g/mol. The van der Waals surface area contributed by atoms with E-state index in [0.717, 1.165) is 89.4 Å². The van der Waals surface area contributed by atoms with E-state index in [2.05, 4.69) is 226 Å². The van der Waals surface area contributed by atoms with Crippen LogP contribution in [0.5, 0.6) is 11.5 Å². The molecule has 0 aliphatic carbocycles. The van der Waals surface area contributed by atoms with E-state index < -0.39 is 0 Å². The van der Waals surface area contributed by atoms with Gasteiger partial charge in [-0.2, -0.15) is 6.07 Å². The van der Waals surface area contributed by atoms with Crippen LogP contribution in [0.3, 0.4) is 0 Å². The molecule has 3 aromatic heterocycles. The van der Waals surface area contributed by atoms with Crippen molar-refractivity contribution in [2.75, 3.05) is 9.80 Å². The van der Waals surface area contributed by atoms with Crippen molar-refractivity contribution in [1.82, 2.24) is 9.55 Å². The van der Waals surface area contributed by atoms with Gasteiger partial charge in [0, 0.05) is 61.2 Å². The molecule has 346 valence electrons. The van der Waals surface area contributed by atoms with Crippen LogP contribution in [-0.4, -0.2) is 9.55 Å². The second-order valence-corrected chi connectivity index (χ2v) is 19.2. The minimum Gasteiger partial charge on any atom is -0.509 e. The molecule has 0 unspecified atom stereocenters. The third-order valence-electron chi connectivity index (χ3n) is 13.3. The van der Waals surface area contributed by atoms with Crippen molar-refractivity contribution in [2.24, 2.45) is 0 Å². The zero-order valence-electron chi connectivity index (χ0n) is 39.8. The van der Waals surface area contributed by atoms with Crippen LogP contribution in [0.25, 0.3) is 72.2 Å². The Morgan fingerprint density at radius 1 is 0.571 bits per heavy atom. The number of anilines is 4. The first-order valence-corrected chi connectivity index (χ1v) is 23.5. The summed E-state index contributed by atoms with van der Waals surface area (Å²) in [4.78, 5) is 9.46. The quantitative estimate of drug-likeness (QED) is 0.142. The van der Waals surface area contributed by atoms with E-state index in [1.54, 1.807) is 0 Å². The van der Waals surface area contributed by atoms with Gasteiger partial charge < -0.3 is 23.5 Å². The Hall–Kier alpha value is -7.66. The van der Waals surface area contributed by atoms with E-state index >= 15 is 0 Å². The zero-order chi connectivity index (χ0) is 47.0. The minimum absolute atomic E-state index is 0. The van der Waals surface area contributed by atoms with Gasteiger partial charge in [-0.1, -0.05) is 134 Å². The van der Waals surface area contributed by atoms with Gasteiger partial charge in [0.05, 0.1) is 5.52 Å². The van der Waals surface area contributed by atoms with Crippen molar-refractivity contribution in [3.8, 4) is 50.7 Å². The van der Waals surface area contributed by atoms with E-state index in [4.69, 9.17) is 14.1 Å². The number of hydrogen-bond acceptors (Lipinski definition) is 5. The summed E-state index contributed by atoms with van der Waals surface area (Å²) in [7, 11) is 0. The van der Waals surface area contributed by atoms with Crippen LogP contribution < -0.4 is 14.5 Å². The van der Waals surface area contributed by atoms with Gasteiger partial charge in [-0.05, 0) is 125 Å². The number of aromatic nitrogens is 2. The largest absolute Gasteiger partial charge is 0.509 e. The molecule has 0 radical (unpaired) electrons. The molecule has 0 N–H and O–H groups in total. The Bertz CT molecular complexity index is 3690. The number of pyridine rings is 1. The van der Waals surface area contributed by atoms with Gasteiger partial charge in [-0.25, -0.2) is 4.98 Å². The van der Waals surface area contributed by atoms with Crippen molar-refractivity contribution in [3.05, 3.63) is 223 Å². The third kappa shape index (κ3) is 7.96. The summed E-state index contributed by atoms with van der Waals surface area (Å²) >= 11 is 0. The number of hydrogen-bond donors (Lipinski definition) is 0. The molecule has 7 heteroatoms. The van der Waals surface area contributed by atoms with E-state index in [9.17, 15) is 0 Å². The molecule has 6 nitrogen and oxygen atoms in total. The second-order valence-electron chi connectivity index (χ2n) is 19.2. The number of aryl methyl sites for hydroxylation is 3. The molecule has 0 saturated carbocycles. The van der Waals surface area contributed by atoms with E-state index in [0.29, 0.717) is 11.5 Å². The summed E-state index contributed by atoms with van der Waals surface area (Å²) < 4.78 is 15.7. The molecule has 70 heavy (non-hydrogen) atoms. The number of para-hydroxylation sites is 3. The molecule has 0 spiro atoms. The molecule has 0 amide bonds. The maximum absolute atomic E-state index is 6.98. The molecule has 1 aliphatic rings. The maximum atomic E-state index is 6.98. The number of benzene rings is 8. The number of rotatable bonds is 8. The van der Waals surface area contributed by atoms with Crippen molar-refractivity contribution in [1.29, 1.82) is 0 Å². The van der Waals surface area contributed by atoms with E-state index in [1.165, 1.54) is 27.8 Å². The summed E-state index contributed by atoms with van der Waals surface area (Å²) in [5.41, 5.74) is 18.9. The van der Waals surface area contributed by atoms with Crippen molar-refractivity contribution >= 4 is 55.7 Å². The van der Waals surface area contributed by atoms with Crippen LogP contribution in [0.15, 0.2) is 187 Å². The molecular formula is C63H49N4O2Pt-3. The maximum Gasteiger partial charge on any atom is 0.136 e. The minimum atomic E-state index is -0.0788. The Labute approximate surface area is 423 Å². The number of ether oxygens (including phenoxy) is 1. The fraction of sp³-hybridized carbons (Fsp3) is 0.111. The Morgan fingerprint density at radius 2 is 1.21 bits per heavy atom. The van der Waals surface area contributed by atoms with Gasteiger partial charge in [0.15, 0.2) is 0 Å². The fourth-order valence-corrected chi connectivity index (χ4v) is 10.1. The normalized spacial score (nSPS) is 12.5. The number of fused-ring (bicyclic) bond motifs is 6. The van der Waals surface area contributed by atoms with Gasteiger partial charge in [0.2, 0.25) is 0 Å². The number of nitrogens with zero attached hydrogens (tertiary/aromatic N) is 4. The summed E-state index contributed by atoms with van der Waals surface area (Å²) in [5.74, 6) is 1.91. The summed E-state index contributed by atoms with van der Waals surface area (Å²) in [6.45, 7) is 15.4. The first kappa shape index (κ1) is 44.8. The Kier molecular flexibility index (Phi) is 11.3. The Morgan fingerprint density at radius 3 is 1.90 bits per heavy atom. The molecule has 0 fully saturated rings. The van der Waals surface area contributed by atoms with Crippen LogP contribution in [0.1, 0.15) is 43.0 Å². The molecule has 0 atom stereocenters. The summed E-state index contributed by atoms with van der Waals surface area (Å²) in [6, 6.07) is 69.4. The van der Waals surface area contributed by atoms with Crippen molar-refractivity contribution in [2.45, 2.75) is 47.0 Å². The Balaban J connectivity index is 0.00000533. The smallest absolute Gasteiger partial charge is 0.136 e. The van der Waals surface area contributed by atoms with Gasteiger partial charge in [-0.3, -0.25) is 0 Å². The van der Waals surface area contributed by atoms with E-state index in [-0.39, 0.29) is 26.5 Å². The average molecular weight is 1090 g/mol. The summed E-state index contributed by atoms with van der Waals surface area (Å²) in [5, 5.41) is 1.94. The molecule has 1 aliphatic heterocycles. The van der Waals surface area contributed by atoms with Gasteiger partial charge in [0.1, 0.15) is 17.0 Å². The van der Waals surface area contributed by atoms with Crippen LogP contribution in [0.2, 0.25) is 0 Å². The SMILES string of the molecule is Cc1cc(C)c(-c2cc(Oc3[c-]c4c(cc3)c3oc5ccccc5c3n4-c3cc(C(C)(C)C)ccn3)[c-]c(N3[CH-]N(c4cc(-c5ccccc5)cc(-c5ccccc5)c4)c4ccccc43)c2)c(C)c1.[Pt]. The van der Waals surface area contributed by atoms with Crippen LogP contribution in [0.4, 0.5) is 22.7 Å². The molecule has 0 saturated heterocycles. The molecule has 12 rings (SSSR count). The van der Waals surface area contributed by atoms with Crippen LogP contribution in [0, 0.1) is 39.6 Å². The van der Waals surface area contributed by atoms with Crippen LogP contribution >= 0.6 is 0 Å². The predicted molar refractivity (Wildman–Crippen MR) is 283 cm³/mol. The fourth-order valence-electron chi connectivity index (χ4n) is 10.1. The predicted octanol–water partition coefficient (Wildman–Crippen LogP) is 16.9. The topological polar surface area (TPSA) is 46.7 Å². The summed E-state index contributed by atoms with van der Waals surface area (Å²) in [6.07, 6.45) is 1.89. The first-order chi connectivity index (χ1) is 33.5. The average Bonchev–Trinajstić information content (AvgIpc) is 4.03. The van der Waals surface area contributed by atoms with E-state index in [1.807, 2.05) is 30.5 Å². The molecule has 4 heterocycles. The van der Waals surface area contributed by atoms with Gasteiger partial charge in [-0.15, -0.1) is 48.3 Å². The molecule has 11 aromatic rings. The molecule has 0 bridgehead atoms. The van der Waals surface area contributed by atoms with Crippen molar-refractivity contribution < 1.29 is 30.2 Å². The third-order valence-corrected chi connectivity index (χ3v) is 13.3.